The molecule has 0 bridgehead atoms. The highest BCUT2D eigenvalue weighted by Gasteiger charge is 2.67. The number of rotatable bonds is 6. The number of carbonyl (C=O) groups is 2. The number of allylic oxidation sites excluding steroid dienone is 3. The predicted molar refractivity (Wildman–Crippen MR) is 207 cm³/mol. The number of hydrogen-bond acceptors (Lipinski definition) is 6. The van der Waals surface area contributed by atoms with Gasteiger partial charge < -0.3 is 19.5 Å². The minimum absolute atomic E-state index is 0.0281. The largest absolute Gasteiger partial charge is 0.392 e. The molecule has 0 saturated heterocycles. The third-order valence-corrected chi connectivity index (χ3v) is 15.1. The molecule has 3 N–H and O–H groups in total. The Morgan fingerprint density at radius 3 is 2.51 bits per heavy atom. The van der Waals surface area contributed by atoms with Gasteiger partial charge in [-0.25, -0.2) is 5.48 Å². The summed E-state index contributed by atoms with van der Waals surface area (Å²) < 4.78 is 8.89. The number of carbonyl (C=O) groups excluding carboxylic acids is 2. The maximum Gasteiger partial charge on any atom is 0.270 e. The van der Waals surface area contributed by atoms with E-state index in [2.05, 4.69) is 83.3 Å². The molecule has 2 aromatic rings. The fraction of sp³-hybridized carbons (Fsp3) is 0.600. The van der Waals surface area contributed by atoms with Crippen molar-refractivity contribution < 1.29 is 29.4 Å². The monoisotopic (exact) mass is 722 g/mol. The number of hydroxylamine groups is 1. The van der Waals surface area contributed by atoms with Crippen LogP contribution in [0.25, 0.3) is 16.5 Å². The van der Waals surface area contributed by atoms with Crippen LogP contribution in [0.15, 0.2) is 48.1 Å². The Morgan fingerprint density at radius 1 is 1.11 bits per heavy atom. The molecule has 0 spiro atoms. The summed E-state index contributed by atoms with van der Waals surface area (Å²) in [4.78, 5) is 32.5. The Balaban J connectivity index is 1.30. The second-order valence-electron chi connectivity index (χ2n) is 18.9. The van der Waals surface area contributed by atoms with Crippen molar-refractivity contribution >= 4 is 28.2 Å². The molecule has 9 atom stereocenters. The molecule has 1 aromatic carbocycles. The fourth-order valence-corrected chi connectivity index (χ4v) is 12.8. The molecule has 1 aromatic heterocycles. The first kappa shape index (κ1) is 36.7. The summed E-state index contributed by atoms with van der Waals surface area (Å²) in [7, 11) is 0. The van der Waals surface area contributed by atoms with E-state index in [0.29, 0.717) is 30.1 Å². The van der Waals surface area contributed by atoms with Crippen LogP contribution in [-0.4, -0.2) is 50.4 Å². The molecule has 8 rings (SSSR count). The minimum Gasteiger partial charge on any atom is -0.392 e. The lowest BCUT2D eigenvalue weighted by Gasteiger charge is -2.64. The molecule has 3 heterocycles. The summed E-state index contributed by atoms with van der Waals surface area (Å²) in [5.41, 5.74) is 8.67. The second kappa shape index (κ2) is 11.6. The number of benzene rings is 1. The predicted octanol–water partition coefficient (Wildman–Crippen LogP) is 8.17. The highest BCUT2D eigenvalue weighted by atomic mass is 16.6. The van der Waals surface area contributed by atoms with Gasteiger partial charge in [-0.1, -0.05) is 51.2 Å². The molecule has 8 nitrogen and oxygen atoms in total. The normalized spacial score (nSPS) is 37.6. The van der Waals surface area contributed by atoms with Gasteiger partial charge in [-0.05, 0) is 127 Å². The van der Waals surface area contributed by atoms with Crippen molar-refractivity contribution in [2.75, 3.05) is 6.61 Å². The highest BCUT2D eigenvalue weighted by Crippen LogP contribution is 2.71. The van der Waals surface area contributed by atoms with Crippen molar-refractivity contribution in [1.29, 1.82) is 0 Å². The summed E-state index contributed by atoms with van der Waals surface area (Å²) in [6.07, 6.45) is 11.1. The zero-order valence-electron chi connectivity index (χ0n) is 33.3. The SMILES string of the molecule is C=C(C)C1C(=O)c2c3c(cc4c5c(n1c24)C1(C)C(CCC2C(C)(/C=C/C=C(\C)C(=O)NOCC)C(O)CCC21C)C5)C1=CC(C)(C)OC(C)(C)C1C3O. The van der Waals surface area contributed by atoms with Crippen molar-refractivity contribution in [3.8, 4) is 0 Å². The van der Waals surface area contributed by atoms with Gasteiger partial charge in [0.2, 0.25) is 0 Å². The molecule has 2 aliphatic heterocycles. The molecular weight excluding hydrogens is 665 g/mol. The van der Waals surface area contributed by atoms with Crippen molar-refractivity contribution in [1.82, 2.24) is 10.0 Å². The Kier molecular flexibility index (Phi) is 8.03. The summed E-state index contributed by atoms with van der Waals surface area (Å²) in [6, 6.07) is 1.77. The maximum atomic E-state index is 14.9. The average Bonchev–Trinajstić information content (AvgIpc) is 3.74. The lowest BCUT2D eigenvalue weighted by atomic mass is 9.40. The second-order valence-corrected chi connectivity index (χ2v) is 18.9. The Labute approximate surface area is 314 Å². The van der Waals surface area contributed by atoms with E-state index in [-0.39, 0.29) is 34.4 Å². The van der Waals surface area contributed by atoms with E-state index in [1.54, 1.807) is 13.0 Å². The van der Waals surface area contributed by atoms with Crippen molar-refractivity contribution in [3.05, 3.63) is 76.0 Å². The van der Waals surface area contributed by atoms with Crippen molar-refractivity contribution in [3.63, 3.8) is 0 Å². The molecular formula is C45H58N2O6. The molecule has 53 heavy (non-hydrogen) atoms. The molecule has 0 radical (unpaired) electrons. The number of aliphatic hydroxyl groups excluding tert-OH is 2. The standard InChI is InChI=1S/C45H58N2O6/c1-12-52-46-40(51)24(4)14-13-18-43(9)30-16-15-25-20-28-27-21-26-29-22-41(5,6)53-42(7,8)34(29)37(49)32(26)33-36(27)47(35(23(2)3)38(33)50)39(28)45(25,11)44(30,10)19-17-31(43)48/h13-14,18,21-22,25,30-31,34-35,37,48-49H,2,12,15-17,19-20H2,1,3-11H3,(H,46,51)/b18-13+,24-14+. The van der Waals surface area contributed by atoms with Gasteiger partial charge in [-0.3, -0.25) is 14.4 Å². The van der Waals surface area contributed by atoms with Crippen molar-refractivity contribution in [2.45, 2.75) is 136 Å². The number of nitrogens with zero attached hydrogens (tertiary/aromatic N) is 1. The topological polar surface area (TPSA) is 110 Å². The van der Waals surface area contributed by atoms with Gasteiger partial charge in [0, 0.05) is 39.0 Å². The molecule has 8 heteroatoms. The quantitative estimate of drug-likeness (QED) is 0.120. The molecule has 1 amide bonds. The van der Waals surface area contributed by atoms with Gasteiger partial charge in [0.05, 0.1) is 41.1 Å². The average molecular weight is 723 g/mol. The number of Topliss-reactive ketones (excluding diaryl/α,β-unsaturated/α-hetero) is 1. The number of amides is 1. The van der Waals surface area contributed by atoms with Crippen LogP contribution in [0.5, 0.6) is 0 Å². The van der Waals surface area contributed by atoms with Crippen LogP contribution in [0.3, 0.4) is 0 Å². The molecule has 9 unspecified atom stereocenters. The van der Waals surface area contributed by atoms with Gasteiger partial charge >= 0.3 is 0 Å². The van der Waals surface area contributed by atoms with Gasteiger partial charge in [-0.15, -0.1) is 0 Å². The lowest BCUT2D eigenvalue weighted by molar-refractivity contribution is -0.144. The molecule has 2 fully saturated rings. The van der Waals surface area contributed by atoms with Crippen LogP contribution in [0, 0.1) is 28.6 Å². The number of ketones is 1. The van der Waals surface area contributed by atoms with E-state index in [0.717, 1.165) is 58.9 Å². The van der Waals surface area contributed by atoms with Gasteiger partial charge in [-0.2, -0.15) is 0 Å². The van der Waals surface area contributed by atoms with Crippen LogP contribution in [-0.2, 0) is 26.2 Å². The highest BCUT2D eigenvalue weighted by molar-refractivity contribution is 6.18. The van der Waals surface area contributed by atoms with E-state index >= 15 is 0 Å². The van der Waals surface area contributed by atoms with Gasteiger partial charge in [0.1, 0.15) is 6.04 Å². The Morgan fingerprint density at radius 2 is 1.83 bits per heavy atom. The van der Waals surface area contributed by atoms with E-state index in [4.69, 9.17) is 9.57 Å². The smallest absolute Gasteiger partial charge is 0.270 e. The first-order valence-corrected chi connectivity index (χ1v) is 19.8. The number of ether oxygens (including phenoxy) is 1. The number of fused-ring (bicyclic) bond motifs is 11. The maximum absolute atomic E-state index is 14.9. The number of nitrogens with one attached hydrogen (secondary N) is 1. The zero-order valence-corrected chi connectivity index (χ0v) is 33.3. The molecule has 4 aliphatic carbocycles. The zero-order chi connectivity index (χ0) is 38.4. The Hall–Kier alpha value is -3.30. The van der Waals surface area contributed by atoms with Gasteiger partial charge in [0.25, 0.3) is 5.91 Å². The summed E-state index contributed by atoms with van der Waals surface area (Å²) in [5, 5.41) is 25.1. The third-order valence-electron chi connectivity index (χ3n) is 15.1. The first-order valence-electron chi connectivity index (χ1n) is 19.8. The van der Waals surface area contributed by atoms with Crippen LogP contribution in [0.2, 0.25) is 0 Å². The summed E-state index contributed by atoms with van der Waals surface area (Å²) in [6.45, 7) is 25.7. The Bertz CT molecular complexity index is 2080. The summed E-state index contributed by atoms with van der Waals surface area (Å²) >= 11 is 0. The van der Waals surface area contributed by atoms with E-state index < -0.39 is 34.9 Å². The fourth-order valence-electron chi connectivity index (χ4n) is 12.8. The minimum atomic E-state index is -0.858. The van der Waals surface area contributed by atoms with Crippen molar-refractivity contribution in [2.24, 2.45) is 28.6 Å². The van der Waals surface area contributed by atoms with Crippen LogP contribution < -0.4 is 5.48 Å². The van der Waals surface area contributed by atoms with Crippen LogP contribution >= 0.6 is 0 Å². The van der Waals surface area contributed by atoms with Crippen LogP contribution in [0.4, 0.5) is 0 Å². The first-order chi connectivity index (χ1) is 24.7. The number of aliphatic hydroxyl groups is 2. The lowest BCUT2D eigenvalue weighted by Crippen LogP contribution is -2.62. The van der Waals surface area contributed by atoms with Gasteiger partial charge in [0.15, 0.2) is 5.78 Å². The number of hydrogen-bond donors (Lipinski definition) is 3. The third kappa shape index (κ3) is 4.68. The van der Waals surface area contributed by atoms with E-state index in [1.807, 2.05) is 19.9 Å². The number of aromatic nitrogens is 1. The molecule has 284 valence electrons. The van der Waals surface area contributed by atoms with E-state index in [1.165, 1.54) is 11.3 Å². The molecule has 6 aliphatic rings. The van der Waals surface area contributed by atoms with Crippen LogP contribution in [0.1, 0.15) is 140 Å². The summed E-state index contributed by atoms with van der Waals surface area (Å²) in [5.74, 6) is 0.00877. The molecule has 2 saturated carbocycles. The van der Waals surface area contributed by atoms with E-state index in [9.17, 15) is 19.8 Å².